The molecule has 2 N–H and O–H groups in total. The van der Waals surface area contributed by atoms with Crippen LogP contribution in [-0.2, 0) is 0 Å². The van der Waals surface area contributed by atoms with Crippen LogP contribution >= 0.6 is 0 Å². The first-order valence-corrected chi connectivity index (χ1v) is 5.32. The quantitative estimate of drug-likeness (QED) is 0.856. The molecule has 0 saturated carbocycles. The van der Waals surface area contributed by atoms with E-state index in [9.17, 15) is 0 Å². The average Bonchev–Trinajstić information content (AvgIpc) is 2.78. The van der Waals surface area contributed by atoms with E-state index in [4.69, 9.17) is 10.3 Å². The topological polar surface area (TPSA) is 64.9 Å². The van der Waals surface area contributed by atoms with Crippen LogP contribution in [0.2, 0.25) is 0 Å². The normalized spacial score (nSPS) is 13.0. The van der Waals surface area contributed by atoms with E-state index in [1.807, 2.05) is 44.2 Å². The highest BCUT2D eigenvalue weighted by atomic mass is 16.5. The largest absolute Gasteiger partial charge is 0.339 e. The van der Waals surface area contributed by atoms with Crippen molar-refractivity contribution in [2.45, 2.75) is 25.8 Å². The van der Waals surface area contributed by atoms with E-state index in [1.165, 1.54) is 0 Å². The third kappa shape index (κ3) is 2.12. The Balaban J connectivity index is 2.24. The summed E-state index contributed by atoms with van der Waals surface area (Å²) >= 11 is 0. The molecule has 4 heteroatoms. The summed E-state index contributed by atoms with van der Waals surface area (Å²) in [5.74, 6) is 1.39. The highest BCUT2D eigenvalue weighted by Crippen LogP contribution is 2.19. The van der Waals surface area contributed by atoms with Crippen molar-refractivity contribution < 1.29 is 4.52 Å². The third-order valence-corrected chi connectivity index (χ3v) is 2.39. The first-order valence-electron chi connectivity index (χ1n) is 5.32. The summed E-state index contributed by atoms with van der Waals surface area (Å²) in [6.07, 6.45) is 0. The Morgan fingerprint density at radius 3 is 2.44 bits per heavy atom. The van der Waals surface area contributed by atoms with Crippen LogP contribution < -0.4 is 5.73 Å². The second-order valence-corrected chi connectivity index (χ2v) is 4.03. The molecule has 1 heterocycles. The molecule has 0 saturated heterocycles. The molecule has 4 nitrogen and oxygen atoms in total. The van der Waals surface area contributed by atoms with Gasteiger partial charge in [0.2, 0.25) is 5.89 Å². The summed E-state index contributed by atoms with van der Waals surface area (Å²) in [5, 5.41) is 3.90. The fourth-order valence-electron chi connectivity index (χ4n) is 1.42. The SMILES string of the molecule is CC(C)c1nc(C(N)c2ccccc2)no1. The summed E-state index contributed by atoms with van der Waals surface area (Å²) in [6, 6.07) is 9.42. The van der Waals surface area contributed by atoms with Gasteiger partial charge in [0.05, 0.1) is 6.04 Å². The highest BCUT2D eigenvalue weighted by molar-refractivity contribution is 5.23. The number of benzene rings is 1. The van der Waals surface area contributed by atoms with Crippen LogP contribution in [0.1, 0.15) is 43.1 Å². The molecule has 1 aromatic heterocycles. The van der Waals surface area contributed by atoms with E-state index in [-0.39, 0.29) is 12.0 Å². The van der Waals surface area contributed by atoms with E-state index >= 15 is 0 Å². The lowest BCUT2D eigenvalue weighted by molar-refractivity contribution is 0.359. The van der Waals surface area contributed by atoms with Gasteiger partial charge in [0, 0.05) is 5.92 Å². The van der Waals surface area contributed by atoms with Gasteiger partial charge in [-0.25, -0.2) is 0 Å². The average molecular weight is 217 g/mol. The maximum absolute atomic E-state index is 6.04. The molecule has 16 heavy (non-hydrogen) atoms. The zero-order chi connectivity index (χ0) is 11.5. The Hall–Kier alpha value is -1.68. The summed E-state index contributed by atoms with van der Waals surface area (Å²) in [7, 11) is 0. The second kappa shape index (κ2) is 4.45. The lowest BCUT2D eigenvalue weighted by atomic mass is 10.1. The van der Waals surface area contributed by atoms with Gasteiger partial charge in [0.15, 0.2) is 5.82 Å². The highest BCUT2D eigenvalue weighted by Gasteiger charge is 2.17. The number of hydrogen-bond acceptors (Lipinski definition) is 4. The standard InChI is InChI=1S/C12H15N3O/c1-8(2)12-14-11(15-16-12)10(13)9-6-4-3-5-7-9/h3-8,10H,13H2,1-2H3. The maximum Gasteiger partial charge on any atom is 0.229 e. The number of nitrogens with two attached hydrogens (primary N) is 1. The molecule has 0 amide bonds. The number of aromatic nitrogens is 2. The van der Waals surface area contributed by atoms with Crippen LogP contribution in [0.5, 0.6) is 0 Å². The number of rotatable bonds is 3. The molecule has 0 bridgehead atoms. The van der Waals surface area contributed by atoms with Gasteiger partial charge in [-0.1, -0.05) is 49.3 Å². The van der Waals surface area contributed by atoms with Crippen molar-refractivity contribution in [1.82, 2.24) is 10.1 Å². The summed E-state index contributed by atoms with van der Waals surface area (Å²) in [4.78, 5) is 4.28. The van der Waals surface area contributed by atoms with Gasteiger partial charge in [-0.3, -0.25) is 0 Å². The second-order valence-electron chi connectivity index (χ2n) is 4.03. The number of hydrogen-bond donors (Lipinski definition) is 1. The number of nitrogens with zero attached hydrogens (tertiary/aromatic N) is 2. The van der Waals surface area contributed by atoms with E-state index in [1.54, 1.807) is 0 Å². The lowest BCUT2D eigenvalue weighted by Gasteiger charge is -2.06. The summed E-state index contributed by atoms with van der Waals surface area (Å²) in [5.41, 5.74) is 7.03. The van der Waals surface area contributed by atoms with Crippen LogP contribution in [0.25, 0.3) is 0 Å². The van der Waals surface area contributed by atoms with Gasteiger partial charge in [0.25, 0.3) is 0 Å². The predicted molar refractivity (Wildman–Crippen MR) is 60.9 cm³/mol. The van der Waals surface area contributed by atoms with Crippen molar-refractivity contribution in [3.05, 3.63) is 47.6 Å². The summed E-state index contributed by atoms with van der Waals surface area (Å²) < 4.78 is 5.13. The van der Waals surface area contributed by atoms with Crippen molar-refractivity contribution in [3.63, 3.8) is 0 Å². The van der Waals surface area contributed by atoms with Crippen LogP contribution in [0.3, 0.4) is 0 Å². The Morgan fingerprint density at radius 1 is 1.19 bits per heavy atom. The van der Waals surface area contributed by atoms with Crippen molar-refractivity contribution >= 4 is 0 Å². The minimum atomic E-state index is -0.322. The fourth-order valence-corrected chi connectivity index (χ4v) is 1.42. The van der Waals surface area contributed by atoms with Crippen molar-refractivity contribution in [1.29, 1.82) is 0 Å². The van der Waals surface area contributed by atoms with Crippen LogP contribution in [0.4, 0.5) is 0 Å². The summed E-state index contributed by atoms with van der Waals surface area (Å²) in [6.45, 7) is 4.01. The Morgan fingerprint density at radius 2 is 1.88 bits per heavy atom. The van der Waals surface area contributed by atoms with Crippen LogP contribution in [0, 0.1) is 0 Å². The smallest absolute Gasteiger partial charge is 0.229 e. The molecular weight excluding hydrogens is 202 g/mol. The molecule has 0 aliphatic heterocycles. The first kappa shape index (κ1) is 10.8. The van der Waals surface area contributed by atoms with Crippen LogP contribution in [0.15, 0.2) is 34.9 Å². The monoisotopic (exact) mass is 217 g/mol. The van der Waals surface area contributed by atoms with Crippen molar-refractivity contribution in [2.24, 2.45) is 5.73 Å². The van der Waals surface area contributed by atoms with Gasteiger partial charge >= 0.3 is 0 Å². The molecule has 0 aliphatic carbocycles. The van der Waals surface area contributed by atoms with Gasteiger partial charge in [-0.15, -0.1) is 0 Å². The molecule has 1 atom stereocenters. The van der Waals surface area contributed by atoms with E-state index in [0.29, 0.717) is 11.7 Å². The van der Waals surface area contributed by atoms with Gasteiger partial charge in [-0.2, -0.15) is 4.98 Å². The molecular formula is C12H15N3O. The van der Waals surface area contributed by atoms with Gasteiger partial charge < -0.3 is 10.3 Å². The van der Waals surface area contributed by atoms with Crippen LogP contribution in [-0.4, -0.2) is 10.1 Å². The molecule has 2 rings (SSSR count). The zero-order valence-electron chi connectivity index (χ0n) is 9.42. The zero-order valence-corrected chi connectivity index (χ0v) is 9.42. The molecule has 0 fully saturated rings. The molecule has 1 aromatic carbocycles. The molecule has 84 valence electrons. The van der Waals surface area contributed by atoms with E-state index in [0.717, 1.165) is 5.56 Å². The maximum atomic E-state index is 6.04. The first-order chi connectivity index (χ1) is 7.68. The lowest BCUT2D eigenvalue weighted by Crippen LogP contribution is -2.13. The fraction of sp³-hybridized carbons (Fsp3) is 0.333. The van der Waals surface area contributed by atoms with E-state index in [2.05, 4.69) is 10.1 Å². The van der Waals surface area contributed by atoms with E-state index < -0.39 is 0 Å². The van der Waals surface area contributed by atoms with Gasteiger partial charge in [-0.05, 0) is 5.56 Å². The Bertz CT molecular complexity index is 450. The molecule has 0 aliphatic rings. The molecule has 0 radical (unpaired) electrons. The van der Waals surface area contributed by atoms with Crippen molar-refractivity contribution in [3.8, 4) is 0 Å². The predicted octanol–water partition coefficient (Wildman–Crippen LogP) is 2.24. The van der Waals surface area contributed by atoms with Gasteiger partial charge in [0.1, 0.15) is 0 Å². The molecule has 2 aromatic rings. The Labute approximate surface area is 94.5 Å². The molecule has 1 unspecified atom stereocenters. The van der Waals surface area contributed by atoms with Crippen molar-refractivity contribution in [2.75, 3.05) is 0 Å². The minimum Gasteiger partial charge on any atom is -0.339 e. The molecule has 0 spiro atoms. The minimum absolute atomic E-state index is 0.226. The third-order valence-electron chi connectivity index (χ3n) is 2.39. The Kier molecular flexibility index (Phi) is 3.01.